The molecule has 0 radical (unpaired) electrons. The number of benzene rings is 2. The fraction of sp³-hybridized carbons (Fsp3) is 0.105. The fourth-order valence-corrected chi connectivity index (χ4v) is 3.20. The van der Waals surface area contributed by atoms with Gasteiger partial charge in [0.2, 0.25) is 5.91 Å². The van der Waals surface area contributed by atoms with Crippen molar-refractivity contribution < 1.29 is 9.21 Å². The van der Waals surface area contributed by atoms with E-state index in [9.17, 15) is 4.79 Å². The van der Waals surface area contributed by atoms with Gasteiger partial charge < -0.3 is 9.73 Å². The van der Waals surface area contributed by atoms with Crippen LogP contribution in [0, 0.1) is 6.92 Å². The quantitative estimate of drug-likeness (QED) is 0.487. The van der Waals surface area contributed by atoms with Gasteiger partial charge in [-0.1, -0.05) is 35.5 Å². The van der Waals surface area contributed by atoms with Gasteiger partial charge >= 0.3 is 0 Å². The predicted molar refractivity (Wildman–Crippen MR) is 108 cm³/mol. The first-order valence-corrected chi connectivity index (χ1v) is 9.70. The van der Waals surface area contributed by atoms with Crippen LogP contribution in [0.2, 0.25) is 5.02 Å². The molecule has 1 N–H and O–H groups in total. The Labute approximate surface area is 169 Å². The van der Waals surface area contributed by atoms with Gasteiger partial charge in [0.15, 0.2) is 0 Å². The van der Waals surface area contributed by atoms with E-state index in [-0.39, 0.29) is 22.8 Å². The van der Waals surface area contributed by atoms with Gasteiger partial charge in [-0.05, 0) is 43.3 Å². The second kappa shape index (κ2) is 7.95. The largest absolute Gasteiger partial charge is 0.410 e. The van der Waals surface area contributed by atoms with Crippen molar-refractivity contribution >= 4 is 46.0 Å². The molecule has 0 aliphatic carbocycles. The number of hydrogen-bond donors (Lipinski definition) is 1. The van der Waals surface area contributed by atoms with Crippen molar-refractivity contribution in [2.24, 2.45) is 0 Å². The number of nitrogens with zero attached hydrogens (tertiary/aromatic N) is 4. The summed E-state index contributed by atoms with van der Waals surface area (Å²) in [6.07, 6.45) is 0. The molecule has 4 rings (SSSR count). The Morgan fingerprint density at radius 1 is 1.07 bits per heavy atom. The summed E-state index contributed by atoms with van der Waals surface area (Å²) in [7, 11) is 0. The molecule has 0 saturated carbocycles. The molecule has 0 fully saturated rings. The number of thioether (sulfide) groups is 1. The maximum Gasteiger partial charge on any atom is 0.277 e. The van der Waals surface area contributed by atoms with Crippen LogP contribution in [0.15, 0.2) is 58.2 Å². The lowest BCUT2D eigenvalue weighted by molar-refractivity contribution is -0.113. The van der Waals surface area contributed by atoms with Gasteiger partial charge in [-0.3, -0.25) is 4.79 Å². The molecule has 2 aromatic carbocycles. The van der Waals surface area contributed by atoms with Crippen molar-refractivity contribution in [1.82, 2.24) is 20.2 Å². The minimum absolute atomic E-state index is 0.132. The highest BCUT2D eigenvalue weighted by Crippen LogP contribution is 2.25. The van der Waals surface area contributed by atoms with E-state index >= 15 is 0 Å². The third-order valence-corrected chi connectivity index (χ3v) is 4.88. The molecule has 1 amide bonds. The Hall–Kier alpha value is -2.97. The molecule has 140 valence electrons. The van der Waals surface area contributed by atoms with Gasteiger partial charge in [0.25, 0.3) is 11.1 Å². The zero-order valence-corrected chi connectivity index (χ0v) is 16.3. The number of carbonyl (C=O) groups is 1. The van der Waals surface area contributed by atoms with Crippen LogP contribution in [0.4, 0.5) is 5.69 Å². The van der Waals surface area contributed by atoms with Crippen LogP contribution in [0.25, 0.3) is 22.6 Å². The van der Waals surface area contributed by atoms with Crippen molar-refractivity contribution in [1.29, 1.82) is 0 Å². The average molecular weight is 412 g/mol. The molecule has 0 atom stereocenters. The molecule has 9 heteroatoms. The van der Waals surface area contributed by atoms with Crippen LogP contribution in [-0.4, -0.2) is 31.8 Å². The van der Waals surface area contributed by atoms with E-state index in [2.05, 4.69) is 25.5 Å². The lowest BCUT2D eigenvalue weighted by Gasteiger charge is -2.04. The zero-order valence-electron chi connectivity index (χ0n) is 14.7. The van der Waals surface area contributed by atoms with E-state index in [0.717, 1.165) is 22.8 Å². The second-order valence-corrected chi connectivity index (χ2v) is 7.23. The number of aryl methyl sites for hydroxylation is 1. The van der Waals surface area contributed by atoms with E-state index < -0.39 is 0 Å². The van der Waals surface area contributed by atoms with E-state index in [1.54, 1.807) is 24.3 Å². The predicted octanol–water partition coefficient (Wildman–Crippen LogP) is 4.37. The lowest BCUT2D eigenvalue weighted by Crippen LogP contribution is -2.13. The Balaban J connectivity index is 1.44. The molecular weight excluding hydrogens is 398 g/mol. The summed E-state index contributed by atoms with van der Waals surface area (Å²) in [6.45, 7) is 1.84. The van der Waals surface area contributed by atoms with E-state index in [1.807, 2.05) is 31.2 Å². The van der Waals surface area contributed by atoms with Gasteiger partial charge in [-0.2, -0.15) is 0 Å². The second-order valence-electron chi connectivity index (χ2n) is 5.86. The molecule has 0 aliphatic rings. The van der Waals surface area contributed by atoms with Gasteiger partial charge in [0.05, 0.1) is 22.5 Å². The van der Waals surface area contributed by atoms with E-state index in [1.165, 1.54) is 0 Å². The monoisotopic (exact) mass is 411 g/mol. The highest BCUT2D eigenvalue weighted by atomic mass is 35.5. The third-order valence-electron chi connectivity index (χ3n) is 3.81. The minimum Gasteiger partial charge on any atom is -0.410 e. The Morgan fingerprint density at radius 2 is 1.79 bits per heavy atom. The van der Waals surface area contributed by atoms with Gasteiger partial charge in [-0.25, -0.2) is 9.97 Å². The molecule has 7 nitrogen and oxygen atoms in total. The first-order valence-electron chi connectivity index (χ1n) is 8.34. The summed E-state index contributed by atoms with van der Waals surface area (Å²) in [5.41, 5.74) is 3.45. The number of nitrogens with one attached hydrogen (secondary N) is 1. The van der Waals surface area contributed by atoms with Gasteiger partial charge in [0.1, 0.15) is 5.69 Å². The summed E-state index contributed by atoms with van der Waals surface area (Å²) in [5, 5.41) is 11.7. The number of para-hydroxylation sites is 2. The normalized spacial score (nSPS) is 10.9. The molecule has 0 spiro atoms. The molecule has 0 unspecified atom stereocenters. The van der Waals surface area contributed by atoms with E-state index in [4.69, 9.17) is 16.0 Å². The fourth-order valence-electron chi connectivity index (χ4n) is 2.51. The average Bonchev–Trinajstić information content (AvgIpc) is 3.16. The number of amides is 1. The first-order chi connectivity index (χ1) is 13.6. The summed E-state index contributed by atoms with van der Waals surface area (Å²) in [5.74, 6) is 0.220. The molecule has 2 aromatic heterocycles. The molecule has 0 saturated heterocycles. The SMILES string of the molecule is Cc1nc2ccccc2nc1-c1nnc(SCC(=O)Nc2ccc(Cl)cc2)o1. The van der Waals surface area contributed by atoms with Crippen LogP contribution >= 0.6 is 23.4 Å². The van der Waals surface area contributed by atoms with E-state index in [0.29, 0.717) is 22.1 Å². The molecule has 2 heterocycles. The minimum atomic E-state index is -0.186. The smallest absolute Gasteiger partial charge is 0.277 e. The highest BCUT2D eigenvalue weighted by molar-refractivity contribution is 7.99. The topological polar surface area (TPSA) is 93.8 Å². The maximum atomic E-state index is 12.1. The summed E-state index contributed by atoms with van der Waals surface area (Å²) in [4.78, 5) is 21.1. The zero-order chi connectivity index (χ0) is 19.5. The number of halogens is 1. The van der Waals surface area contributed by atoms with Crippen molar-refractivity contribution in [2.75, 3.05) is 11.1 Å². The van der Waals surface area contributed by atoms with Crippen LogP contribution in [0.5, 0.6) is 0 Å². The highest BCUT2D eigenvalue weighted by Gasteiger charge is 2.16. The Morgan fingerprint density at radius 3 is 2.54 bits per heavy atom. The number of anilines is 1. The van der Waals surface area contributed by atoms with Crippen LogP contribution in [-0.2, 0) is 4.79 Å². The lowest BCUT2D eigenvalue weighted by atomic mass is 10.2. The summed E-state index contributed by atoms with van der Waals surface area (Å²) < 4.78 is 5.66. The van der Waals surface area contributed by atoms with Crippen molar-refractivity contribution in [2.45, 2.75) is 12.1 Å². The van der Waals surface area contributed by atoms with Crippen molar-refractivity contribution in [3.8, 4) is 11.6 Å². The molecular formula is C19H14ClN5O2S. The van der Waals surface area contributed by atoms with Crippen LogP contribution in [0.3, 0.4) is 0 Å². The number of aromatic nitrogens is 4. The molecule has 0 bridgehead atoms. The first kappa shape index (κ1) is 18.4. The molecule has 28 heavy (non-hydrogen) atoms. The maximum absolute atomic E-state index is 12.1. The number of fused-ring (bicyclic) bond motifs is 1. The number of hydrogen-bond acceptors (Lipinski definition) is 7. The van der Waals surface area contributed by atoms with Crippen molar-refractivity contribution in [3.05, 3.63) is 59.2 Å². The Bertz CT molecular complexity index is 1150. The number of carbonyl (C=O) groups excluding carboxylic acids is 1. The van der Waals surface area contributed by atoms with Gasteiger partial charge in [0, 0.05) is 10.7 Å². The molecule has 0 aliphatic heterocycles. The molecule has 4 aromatic rings. The Kier molecular flexibility index (Phi) is 5.23. The summed E-state index contributed by atoms with van der Waals surface area (Å²) >= 11 is 6.98. The third kappa shape index (κ3) is 4.13. The standard InChI is InChI=1S/C19H14ClN5O2S/c1-11-17(23-15-5-3-2-4-14(15)21-11)18-24-25-19(27-18)28-10-16(26)22-13-8-6-12(20)7-9-13/h2-9H,10H2,1H3,(H,22,26). The number of rotatable bonds is 5. The van der Waals surface area contributed by atoms with Crippen LogP contribution < -0.4 is 5.32 Å². The van der Waals surface area contributed by atoms with Crippen LogP contribution in [0.1, 0.15) is 5.69 Å². The van der Waals surface area contributed by atoms with Gasteiger partial charge in [-0.15, -0.1) is 10.2 Å². The summed E-state index contributed by atoms with van der Waals surface area (Å²) in [6, 6.07) is 14.5. The van der Waals surface area contributed by atoms with Crippen molar-refractivity contribution in [3.63, 3.8) is 0 Å².